The molecule has 1 aliphatic carbocycles. The summed E-state index contributed by atoms with van der Waals surface area (Å²) in [5.74, 6) is 0. The van der Waals surface area contributed by atoms with E-state index in [0.29, 0.717) is 11.3 Å². The lowest BCUT2D eigenvalue weighted by Crippen LogP contribution is -2.34. The van der Waals surface area contributed by atoms with Gasteiger partial charge in [0.1, 0.15) is 0 Å². The number of thioether (sulfide) groups is 1. The summed E-state index contributed by atoms with van der Waals surface area (Å²) < 4.78 is 0. The van der Waals surface area contributed by atoms with Crippen molar-refractivity contribution in [1.29, 1.82) is 0 Å². The predicted octanol–water partition coefficient (Wildman–Crippen LogP) is 4.35. The molecule has 0 saturated heterocycles. The lowest BCUT2D eigenvalue weighted by molar-refractivity contribution is 0.531. The molecule has 0 aromatic heterocycles. The third-order valence-corrected chi connectivity index (χ3v) is 4.82. The SMILES string of the molecule is CCCNC1CCCC1Sc1cccc(Cl)c1. The summed E-state index contributed by atoms with van der Waals surface area (Å²) in [7, 11) is 0. The van der Waals surface area contributed by atoms with Gasteiger partial charge in [-0.25, -0.2) is 0 Å². The van der Waals surface area contributed by atoms with Crippen LogP contribution in [0.2, 0.25) is 5.02 Å². The average molecular weight is 270 g/mol. The molecule has 0 bridgehead atoms. The van der Waals surface area contributed by atoms with E-state index in [4.69, 9.17) is 11.6 Å². The monoisotopic (exact) mass is 269 g/mol. The minimum absolute atomic E-state index is 0.680. The number of hydrogen-bond donors (Lipinski definition) is 1. The molecule has 2 atom stereocenters. The van der Waals surface area contributed by atoms with Crippen molar-refractivity contribution in [2.24, 2.45) is 0 Å². The summed E-state index contributed by atoms with van der Waals surface area (Å²) in [4.78, 5) is 1.30. The fourth-order valence-electron chi connectivity index (χ4n) is 2.35. The van der Waals surface area contributed by atoms with Gasteiger partial charge < -0.3 is 5.32 Å². The molecule has 0 amide bonds. The highest BCUT2D eigenvalue weighted by molar-refractivity contribution is 8.00. The van der Waals surface area contributed by atoms with Crippen LogP contribution >= 0.6 is 23.4 Å². The van der Waals surface area contributed by atoms with Gasteiger partial charge in [-0.1, -0.05) is 31.0 Å². The molecule has 17 heavy (non-hydrogen) atoms. The molecule has 2 rings (SSSR count). The Hall–Kier alpha value is -0.180. The number of halogens is 1. The zero-order chi connectivity index (χ0) is 12.1. The molecule has 0 spiro atoms. The van der Waals surface area contributed by atoms with Crippen molar-refractivity contribution in [1.82, 2.24) is 5.32 Å². The van der Waals surface area contributed by atoms with E-state index >= 15 is 0 Å². The summed E-state index contributed by atoms with van der Waals surface area (Å²) in [6, 6.07) is 8.88. The molecule has 1 nitrogen and oxygen atoms in total. The summed E-state index contributed by atoms with van der Waals surface area (Å²) >= 11 is 8.00. The Morgan fingerprint density at radius 1 is 1.41 bits per heavy atom. The van der Waals surface area contributed by atoms with Crippen LogP contribution in [0.3, 0.4) is 0 Å². The first kappa shape index (κ1) is 13.3. The predicted molar refractivity (Wildman–Crippen MR) is 77.0 cm³/mol. The smallest absolute Gasteiger partial charge is 0.0417 e. The van der Waals surface area contributed by atoms with Gasteiger partial charge in [0.25, 0.3) is 0 Å². The molecule has 1 aliphatic rings. The van der Waals surface area contributed by atoms with Gasteiger partial charge in [-0.15, -0.1) is 11.8 Å². The van der Waals surface area contributed by atoms with E-state index < -0.39 is 0 Å². The van der Waals surface area contributed by atoms with Gasteiger partial charge in [0, 0.05) is 21.2 Å². The molecule has 0 radical (unpaired) electrons. The van der Waals surface area contributed by atoms with Gasteiger partial charge in [-0.3, -0.25) is 0 Å². The maximum absolute atomic E-state index is 6.02. The maximum Gasteiger partial charge on any atom is 0.0417 e. The normalized spacial score (nSPS) is 24.1. The molecule has 0 aliphatic heterocycles. The number of nitrogens with one attached hydrogen (secondary N) is 1. The van der Waals surface area contributed by atoms with E-state index in [0.717, 1.165) is 11.6 Å². The minimum atomic E-state index is 0.680. The van der Waals surface area contributed by atoms with Gasteiger partial charge in [-0.05, 0) is 44.0 Å². The Bertz CT molecular complexity index is 356. The highest BCUT2D eigenvalue weighted by atomic mass is 35.5. The van der Waals surface area contributed by atoms with E-state index in [1.165, 1.54) is 30.6 Å². The van der Waals surface area contributed by atoms with E-state index in [-0.39, 0.29) is 0 Å². The van der Waals surface area contributed by atoms with Gasteiger partial charge >= 0.3 is 0 Å². The second kappa shape index (κ2) is 6.67. The Morgan fingerprint density at radius 2 is 2.29 bits per heavy atom. The Morgan fingerprint density at radius 3 is 3.06 bits per heavy atom. The standard InChI is InChI=1S/C14H20ClNS/c1-2-9-16-13-7-4-8-14(13)17-12-6-3-5-11(15)10-12/h3,5-6,10,13-14,16H,2,4,7-9H2,1H3. The van der Waals surface area contributed by atoms with Gasteiger partial charge in [0.2, 0.25) is 0 Å². The number of rotatable bonds is 5. The molecule has 0 heterocycles. The van der Waals surface area contributed by atoms with Crippen LogP contribution in [-0.4, -0.2) is 17.8 Å². The van der Waals surface area contributed by atoms with Crippen LogP contribution in [0.1, 0.15) is 32.6 Å². The van der Waals surface area contributed by atoms with Crippen molar-refractivity contribution in [2.75, 3.05) is 6.54 Å². The van der Waals surface area contributed by atoms with Crippen molar-refractivity contribution in [3.05, 3.63) is 29.3 Å². The topological polar surface area (TPSA) is 12.0 Å². The van der Waals surface area contributed by atoms with Crippen LogP contribution in [-0.2, 0) is 0 Å². The molecule has 94 valence electrons. The zero-order valence-corrected chi connectivity index (χ0v) is 11.9. The van der Waals surface area contributed by atoms with Crippen LogP contribution in [0.4, 0.5) is 0 Å². The first-order valence-electron chi connectivity index (χ1n) is 6.45. The maximum atomic E-state index is 6.02. The van der Waals surface area contributed by atoms with Gasteiger partial charge in [0.15, 0.2) is 0 Å². The summed E-state index contributed by atoms with van der Waals surface area (Å²) in [6.07, 6.45) is 5.20. The molecule has 1 fully saturated rings. The Kier molecular flexibility index (Phi) is 5.20. The quantitative estimate of drug-likeness (QED) is 0.853. The molecule has 1 N–H and O–H groups in total. The van der Waals surface area contributed by atoms with Crippen LogP contribution < -0.4 is 5.32 Å². The third-order valence-electron chi connectivity index (χ3n) is 3.19. The molecular weight excluding hydrogens is 250 g/mol. The van der Waals surface area contributed by atoms with Crippen molar-refractivity contribution >= 4 is 23.4 Å². The van der Waals surface area contributed by atoms with Crippen molar-refractivity contribution < 1.29 is 0 Å². The zero-order valence-electron chi connectivity index (χ0n) is 10.3. The van der Waals surface area contributed by atoms with Crippen LogP contribution in [0, 0.1) is 0 Å². The van der Waals surface area contributed by atoms with Crippen molar-refractivity contribution in [3.8, 4) is 0 Å². The van der Waals surface area contributed by atoms with Crippen LogP contribution in [0.15, 0.2) is 29.2 Å². The van der Waals surface area contributed by atoms with Crippen molar-refractivity contribution in [3.63, 3.8) is 0 Å². The van der Waals surface area contributed by atoms with Crippen LogP contribution in [0.5, 0.6) is 0 Å². The summed E-state index contributed by atoms with van der Waals surface area (Å²) in [5.41, 5.74) is 0. The third kappa shape index (κ3) is 3.90. The number of hydrogen-bond acceptors (Lipinski definition) is 2. The Labute approximate surface area is 113 Å². The molecule has 3 heteroatoms. The molecule has 1 aromatic carbocycles. The fourth-order valence-corrected chi connectivity index (χ4v) is 3.98. The minimum Gasteiger partial charge on any atom is -0.313 e. The highest BCUT2D eigenvalue weighted by Gasteiger charge is 2.27. The van der Waals surface area contributed by atoms with Crippen molar-refractivity contribution in [2.45, 2.75) is 48.8 Å². The second-order valence-corrected chi connectivity index (χ2v) is 6.35. The van der Waals surface area contributed by atoms with E-state index in [1.54, 1.807) is 0 Å². The molecular formula is C14H20ClNS. The fraction of sp³-hybridized carbons (Fsp3) is 0.571. The average Bonchev–Trinajstić information content (AvgIpc) is 2.74. The summed E-state index contributed by atoms with van der Waals surface area (Å²) in [5, 5.41) is 5.21. The Balaban J connectivity index is 1.93. The molecule has 1 aromatic rings. The van der Waals surface area contributed by atoms with Gasteiger partial charge in [0.05, 0.1) is 0 Å². The largest absolute Gasteiger partial charge is 0.313 e. The highest BCUT2D eigenvalue weighted by Crippen LogP contribution is 2.35. The van der Waals surface area contributed by atoms with Gasteiger partial charge in [-0.2, -0.15) is 0 Å². The lowest BCUT2D eigenvalue weighted by Gasteiger charge is -2.20. The second-order valence-electron chi connectivity index (χ2n) is 4.61. The van der Waals surface area contributed by atoms with E-state index in [1.807, 2.05) is 23.9 Å². The molecule has 2 unspecified atom stereocenters. The first-order chi connectivity index (χ1) is 8.29. The summed E-state index contributed by atoms with van der Waals surface area (Å²) in [6.45, 7) is 3.36. The van der Waals surface area contributed by atoms with Crippen LogP contribution in [0.25, 0.3) is 0 Å². The lowest BCUT2D eigenvalue weighted by atomic mass is 10.2. The number of benzene rings is 1. The van der Waals surface area contributed by atoms with E-state index in [2.05, 4.69) is 24.4 Å². The van der Waals surface area contributed by atoms with E-state index in [9.17, 15) is 0 Å². The molecule has 1 saturated carbocycles. The first-order valence-corrected chi connectivity index (χ1v) is 7.71.